The summed E-state index contributed by atoms with van der Waals surface area (Å²) in [6.07, 6.45) is 1.25. The maximum absolute atomic E-state index is 6.19. The predicted octanol–water partition coefficient (Wildman–Crippen LogP) is 3.01. The van der Waals surface area contributed by atoms with Gasteiger partial charge in [-0.1, -0.05) is 25.4 Å². The Labute approximate surface area is 108 Å². The molecule has 1 N–H and O–H groups in total. The molecule has 0 aliphatic carbocycles. The summed E-state index contributed by atoms with van der Waals surface area (Å²) in [6, 6.07) is 3.82. The highest BCUT2D eigenvalue weighted by atomic mass is 35.5. The van der Waals surface area contributed by atoms with E-state index in [1.807, 2.05) is 19.2 Å². The molecule has 2 rings (SSSR count). The Kier molecular flexibility index (Phi) is 3.59. The Morgan fingerprint density at radius 3 is 2.82 bits per heavy atom. The summed E-state index contributed by atoms with van der Waals surface area (Å²) in [7, 11) is 1.87. The zero-order valence-electron chi connectivity index (χ0n) is 10.8. The largest absolute Gasteiger partial charge is 0.373 e. The number of hydrogen-bond donors (Lipinski definition) is 1. The molecule has 1 aliphatic rings. The van der Waals surface area contributed by atoms with Crippen LogP contribution in [0.4, 0.5) is 5.82 Å². The Hall–Kier alpha value is -0.800. The third-order valence-electron chi connectivity index (χ3n) is 3.30. The number of rotatable bonds is 3. The van der Waals surface area contributed by atoms with Crippen molar-refractivity contribution in [1.29, 1.82) is 0 Å². The minimum atomic E-state index is 0.424. The van der Waals surface area contributed by atoms with E-state index in [0.29, 0.717) is 5.41 Å². The molecule has 1 aromatic heterocycles. The molecule has 0 atom stereocenters. The average molecular weight is 254 g/mol. The lowest BCUT2D eigenvalue weighted by molar-refractivity contribution is 0.282. The molecule has 1 saturated heterocycles. The second kappa shape index (κ2) is 4.83. The Morgan fingerprint density at radius 1 is 1.47 bits per heavy atom. The third-order valence-corrected chi connectivity index (χ3v) is 3.65. The van der Waals surface area contributed by atoms with Crippen LogP contribution in [0.15, 0.2) is 12.1 Å². The smallest absolute Gasteiger partial charge is 0.126 e. The van der Waals surface area contributed by atoms with E-state index >= 15 is 0 Å². The van der Waals surface area contributed by atoms with Gasteiger partial charge in [-0.05, 0) is 30.5 Å². The fourth-order valence-corrected chi connectivity index (χ4v) is 2.47. The van der Waals surface area contributed by atoms with Crippen LogP contribution in [-0.4, -0.2) is 30.0 Å². The molecule has 0 amide bonds. The molecular formula is C13H20ClN3. The van der Waals surface area contributed by atoms with Crippen LogP contribution in [0.5, 0.6) is 0 Å². The minimum Gasteiger partial charge on any atom is -0.373 e. The fourth-order valence-electron chi connectivity index (χ4n) is 2.31. The van der Waals surface area contributed by atoms with Crippen molar-refractivity contribution in [3.8, 4) is 0 Å². The zero-order chi connectivity index (χ0) is 12.5. The first-order valence-corrected chi connectivity index (χ1v) is 6.43. The van der Waals surface area contributed by atoms with E-state index in [-0.39, 0.29) is 0 Å². The molecule has 0 unspecified atom stereocenters. The number of pyridine rings is 1. The van der Waals surface area contributed by atoms with Crippen LogP contribution in [0.1, 0.15) is 26.0 Å². The molecule has 94 valence electrons. The van der Waals surface area contributed by atoms with E-state index in [1.54, 1.807) is 0 Å². The van der Waals surface area contributed by atoms with Crippen LogP contribution >= 0.6 is 11.6 Å². The Bertz CT molecular complexity index is 404. The van der Waals surface area contributed by atoms with Crippen molar-refractivity contribution in [3.63, 3.8) is 0 Å². The van der Waals surface area contributed by atoms with Gasteiger partial charge < -0.3 is 5.32 Å². The molecule has 0 bridgehead atoms. The standard InChI is InChI=1S/C13H20ClN3/c1-13(2)6-7-17(9-13)8-11-10(14)4-5-12(15-3)16-11/h4-5H,6-9H2,1-3H3,(H,15,16). The first-order valence-electron chi connectivity index (χ1n) is 6.06. The van der Waals surface area contributed by atoms with Crippen LogP contribution in [0.3, 0.4) is 0 Å². The van der Waals surface area contributed by atoms with Crippen LogP contribution in [0.25, 0.3) is 0 Å². The van der Waals surface area contributed by atoms with E-state index in [0.717, 1.165) is 36.2 Å². The Balaban J connectivity index is 2.08. The molecule has 2 heterocycles. The van der Waals surface area contributed by atoms with Crippen molar-refractivity contribution >= 4 is 17.4 Å². The zero-order valence-corrected chi connectivity index (χ0v) is 11.5. The molecule has 0 spiro atoms. The molecule has 17 heavy (non-hydrogen) atoms. The van der Waals surface area contributed by atoms with E-state index < -0.39 is 0 Å². The summed E-state index contributed by atoms with van der Waals surface area (Å²) < 4.78 is 0. The first-order chi connectivity index (χ1) is 8.00. The van der Waals surface area contributed by atoms with Gasteiger partial charge in [-0.3, -0.25) is 4.90 Å². The minimum absolute atomic E-state index is 0.424. The van der Waals surface area contributed by atoms with Gasteiger partial charge in [-0.25, -0.2) is 4.98 Å². The van der Waals surface area contributed by atoms with E-state index in [1.165, 1.54) is 6.42 Å². The topological polar surface area (TPSA) is 28.2 Å². The highest BCUT2D eigenvalue weighted by Crippen LogP contribution is 2.30. The van der Waals surface area contributed by atoms with Crippen LogP contribution in [-0.2, 0) is 6.54 Å². The van der Waals surface area contributed by atoms with E-state index in [9.17, 15) is 0 Å². The molecular weight excluding hydrogens is 234 g/mol. The molecule has 4 heteroatoms. The summed E-state index contributed by atoms with van der Waals surface area (Å²) in [5, 5.41) is 3.81. The number of halogens is 1. The molecule has 0 aromatic carbocycles. The maximum Gasteiger partial charge on any atom is 0.126 e. The van der Waals surface area contributed by atoms with E-state index in [2.05, 4.69) is 29.0 Å². The summed E-state index contributed by atoms with van der Waals surface area (Å²) >= 11 is 6.19. The molecule has 1 aliphatic heterocycles. The first kappa shape index (κ1) is 12.7. The summed E-state index contributed by atoms with van der Waals surface area (Å²) in [5.41, 5.74) is 1.39. The number of anilines is 1. The number of likely N-dealkylation sites (tertiary alicyclic amines) is 1. The number of nitrogens with zero attached hydrogens (tertiary/aromatic N) is 2. The highest BCUT2D eigenvalue weighted by molar-refractivity contribution is 6.31. The van der Waals surface area contributed by atoms with Crippen LogP contribution < -0.4 is 5.32 Å². The second-order valence-electron chi connectivity index (χ2n) is 5.50. The van der Waals surface area contributed by atoms with Crippen LogP contribution in [0.2, 0.25) is 5.02 Å². The van der Waals surface area contributed by atoms with Gasteiger partial charge in [0.05, 0.1) is 10.7 Å². The van der Waals surface area contributed by atoms with Gasteiger partial charge in [0, 0.05) is 20.1 Å². The molecule has 3 nitrogen and oxygen atoms in total. The van der Waals surface area contributed by atoms with Crippen molar-refractivity contribution in [1.82, 2.24) is 9.88 Å². The number of nitrogens with one attached hydrogen (secondary N) is 1. The maximum atomic E-state index is 6.19. The quantitative estimate of drug-likeness (QED) is 0.898. The molecule has 0 saturated carbocycles. The highest BCUT2D eigenvalue weighted by Gasteiger charge is 2.29. The van der Waals surface area contributed by atoms with Gasteiger partial charge in [-0.2, -0.15) is 0 Å². The van der Waals surface area contributed by atoms with Gasteiger partial charge >= 0.3 is 0 Å². The van der Waals surface area contributed by atoms with Gasteiger partial charge in [-0.15, -0.1) is 0 Å². The van der Waals surface area contributed by atoms with Crippen molar-refractivity contribution in [2.75, 3.05) is 25.5 Å². The van der Waals surface area contributed by atoms with Crippen molar-refractivity contribution in [3.05, 3.63) is 22.8 Å². The predicted molar refractivity (Wildman–Crippen MR) is 72.5 cm³/mol. The number of aromatic nitrogens is 1. The van der Waals surface area contributed by atoms with E-state index in [4.69, 9.17) is 11.6 Å². The van der Waals surface area contributed by atoms with Gasteiger partial charge in [0.25, 0.3) is 0 Å². The molecule has 1 aromatic rings. The van der Waals surface area contributed by atoms with Crippen LogP contribution in [0, 0.1) is 5.41 Å². The molecule has 0 radical (unpaired) electrons. The summed E-state index contributed by atoms with van der Waals surface area (Å²) in [6.45, 7) is 7.72. The van der Waals surface area contributed by atoms with Gasteiger partial charge in [0.1, 0.15) is 5.82 Å². The lowest BCUT2D eigenvalue weighted by Crippen LogP contribution is -2.23. The monoisotopic (exact) mass is 253 g/mol. The Morgan fingerprint density at radius 2 is 2.24 bits per heavy atom. The third kappa shape index (κ3) is 3.11. The average Bonchev–Trinajstić information content (AvgIpc) is 2.61. The fraction of sp³-hybridized carbons (Fsp3) is 0.615. The summed E-state index contributed by atoms with van der Waals surface area (Å²) in [5.74, 6) is 0.878. The summed E-state index contributed by atoms with van der Waals surface area (Å²) in [4.78, 5) is 6.94. The lowest BCUT2D eigenvalue weighted by Gasteiger charge is -2.19. The van der Waals surface area contributed by atoms with Crippen molar-refractivity contribution in [2.45, 2.75) is 26.8 Å². The van der Waals surface area contributed by atoms with Gasteiger partial charge in [0.2, 0.25) is 0 Å². The SMILES string of the molecule is CNc1ccc(Cl)c(CN2CCC(C)(C)C2)n1. The molecule has 1 fully saturated rings. The normalized spacial score (nSPS) is 19.5. The lowest BCUT2D eigenvalue weighted by atomic mass is 9.93. The van der Waals surface area contributed by atoms with Crippen molar-refractivity contribution < 1.29 is 0 Å². The second-order valence-corrected chi connectivity index (χ2v) is 5.91. The van der Waals surface area contributed by atoms with Gasteiger partial charge in [0.15, 0.2) is 0 Å². The number of hydrogen-bond acceptors (Lipinski definition) is 3. The van der Waals surface area contributed by atoms with Crippen molar-refractivity contribution in [2.24, 2.45) is 5.41 Å².